The van der Waals surface area contributed by atoms with Gasteiger partial charge in [0, 0.05) is 28.8 Å². The molecule has 0 atom stereocenters. The van der Waals surface area contributed by atoms with E-state index in [4.69, 9.17) is 0 Å². The second kappa shape index (κ2) is 8.95. The molecule has 0 bridgehead atoms. The summed E-state index contributed by atoms with van der Waals surface area (Å²) in [5, 5.41) is 19.0. The van der Waals surface area contributed by atoms with Crippen LogP contribution >= 0.6 is 0 Å². The number of amides is 2. The molecular formula is C22H22N8O. The zero-order chi connectivity index (χ0) is 21.6. The van der Waals surface area contributed by atoms with Gasteiger partial charge in [0.05, 0.1) is 12.4 Å². The number of urea groups is 1. The van der Waals surface area contributed by atoms with Crippen LogP contribution in [0.1, 0.15) is 11.3 Å². The summed E-state index contributed by atoms with van der Waals surface area (Å²) in [6.07, 6.45) is 3.24. The van der Waals surface area contributed by atoms with Crippen LogP contribution in [0.2, 0.25) is 0 Å². The summed E-state index contributed by atoms with van der Waals surface area (Å²) < 4.78 is 0. The van der Waals surface area contributed by atoms with Gasteiger partial charge in [0.1, 0.15) is 0 Å². The zero-order valence-corrected chi connectivity index (χ0v) is 17.1. The molecule has 0 unspecified atom stereocenters. The summed E-state index contributed by atoms with van der Waals surface area (Å²) in [6, 6.07) is 16.5. The highest BCUT2D eigenvalue weighted by Crippen LogP contribution is 2.24. The van der Waals surface area contributed by atoms with Gasteiger partial charge in [0.15, 0.2) is 17.5 Å². The molecule has 9 nitrogen and oxygen atoms in total. The Hall–Kier alpha value is -4.40. The van der Waals surface area contributed by atoms with E-state index in [2.05, 4.69) is 41.4 Å². The van der Waals surface area contributed by atoms with Crippen molar-refractivity contribution in [2.24, 2.45) is 0 Å². The molecule has 0 aliphatic heterocycles. The summed E-state index contributed by atoms with van der Waals surface area (Å²) in [4.78, 5) is 21.1. The van der Waals surface area contributed by atoms with Crippen molar-refractivity contribution >= 4 is 40.5 Å². The Kier molecular flexibility index (Phi) is 5.75. The molecule has 2 heterocycles. The number of nitrogens with zero attached hydrogens (tertiary/aromatic N) is 3. The number of aryl methyl sites for hydroxylation is 2. The van der Waals surface area contributed by atoms with Gasteiger partial charge in [-0.15, -0.1) is 0 Å². The van der Waals surface area contributed by atoms with Gasteiger partial charge < -0.3 is 21.3 Å². The van der Waals surface area contributed by atoms with Crippen LogP contribution < -0.4 is 21.3 Å². The summed E-state index contributed by atoms with van der Waals surface area (Å²) in [7, 11) is 0. The van der Waals surface area contributed by atoms with E-state index < -0.39 is 0 Å². The predicted molar refractivity (Wildman–Crippen MR) is 122 cm³/mol. The molecule has 2 amide bonds. The Labute approximate surface area is 179 Å². The highest BCUT2D eigenvalue weighted by Gasteiger charge is 2.08. The topological polar surface area (TPSA) is 120 Å². The number of aromatic nitrogens is 4. The number of hydrogen-bond donors (Lipinski definition) is 5. The first-order valence-electron chi connectivity index (χ1n) is 9.67. The van der Waals surface area contributed by atoms with Crippen LogP contribution in [0.15, 0.2) is 67.0 Å². The second-order valence-corrected chi connectivity index (χ2v) is 6.95. The molecule has 4 aromatic rings. The third-order valence-corrected chi connectivity index (χ3v) is 4.39. The van der Waals surface area contributed by atoms with Crippen molar-refractivity contribution in [3.05, 3.63) is 78.2 Å². The van der Waals surface area contributed by atoms with Crippen molar-refractivity contribution in [2.45, 2.75) is 13.8 Å². The van der Waals surface area contributed by atoms with Crippen molar-refractivity contribution in [1.82, 2.24) is 20.2 Å². The first-order chi connectivity index (χ1) is 15.0. The smallest absolute Gasteiger partial charge is 0.323 e. The van der Waals surface area contributed by atoms with E-state index in [0.717, 1.165) is 22.6 Å². The second-order valence-electron chi connectivity index (χ2n) is 6.95. The van der Waals surface area contributed by atoms with Gasteiger partial charge in [-0.1, -0.05) is 24.3 Å². The van der Waals surface area contributed by atoms with Gasteiger partial charge in [-0.2, -0.15) is 5.10 Å². The molecule has 2 aromatic carbocycles. The van der Waals surface area contributed by atoms with Crippen molar-refractivity contribution in [3.8, 4) is 0 Å². The summed E-state index contributed by atoms with van der Waals surface area (Å²) >= 11 is 0. The van der Waals surface area contributed by atoms with Gasteiger partial charge in [-0.25, -0.2) is 9.78 Å². The predicted octanol–water partition coefficient (Wildman–Crippen LogP) is 4.95. The minimum atomic E-state index is -0.313. The standard InChI is InChI=1S/C22H22N8O/c1-14-8-9-17(11-18(14)26-22(31)25-16-6-4-3-5-7-16)24-20-12-23-13-21(28-20)27-19-10-15(2)29-30-19/h3-13H,1-2H3,(H2,25,26,31)(H3,24,27,28,29,30). The molecule has 0 fully saturated rings. The van der Waals surface area contributed by atoms with Crippen LogP contribution in [0.3, 0.4) is 0 Å². The molecule has 4 rings (SSSR count). The quantitative estimate of drug-likeness (QED) is 0.305. The fraction of sp³-hybridized carbons (Fsp3) is 0.0909. The Morgan fingerprint density at radius 3 is 2.35 bits per heavy atom. The minimum Gasteiger partial charge on any atom is -0.339 e. The van der Waals surface area contributed by atoms with E-state index in [9.17, 15) is 4.79 Å². The van der Waals surface area contributed by atoms with Gasteiger partial charge >= 0.3 is 6.03 Å². The van der Waals surface area contributed by atoms with E-state index in [0.29, 0.717) is 23.1 Å². The Bertz CT molecular complexity index is 1190. The lowest BCUT2D eigenvalue weighted by atomic mass is 10.2. The van der Waals surface area contributed by atoms with Gasteiger partial charge in [0.25, 0.3) is 0 Å². The monoisotopic (exact) mass is 414 g/mol. The number of para-hydroxylation sites is 1. The van der Waals surface area contributed by atoms with E-state index in [1.54, 1.807) is 12.4 Å². The number of anilines is 6. The number of hydrogen-bond acceptors (Lipinski definition) is 6. The van der Waals surface area contributed by atoms with Gasteiger partial charge in [-0.05, 0) is 43.7 Å². The van der Waals surface area contributed by atoms with E-state index in [1.165, 1.54) is 0 Å². The van der Waals surface area contributed by atoms with E-state index in [-0.39, 0.29) is 6.03 Å². The number of benzene rings is 2. The fourth-order valence-corrected chi connectivity index (χ4v) is 2.89. The Morgan fingerprint density at radius 2 is 1.61 bits per heavy atom. The molecule has 5 N–H and O–H groups in total. The maximum atomic E-state index is 12.3. The largest absolute Gasteiger partial charge is 0.339 e. The molecule has 0 saturated heterocycles. The Balaban J connectivity index is 1.44. The molecule has 31 heavy (non-hydrogen) atoms. The van der Waals surface area contributed by atoms with Crippen molar-refractivity contribution < 1.29 is 4.79 Å². The minimum absolute atomic E-state index is 0.313. The maximum absolute atomic E-state index is 12.3. The first-order valence-corrected chi connectivity index (χ1v) is 9.67. The third kappa shape index (κ3) is 5.36. The highest BCUT2D eigenvalue weighted by atomic mass is 16.2. The summed E-state index contributed by atoms with van der Waals surface area (Å²) in [5.41, 5.74) is 4.05. The number of carbonyl (C=O) groups excluding carboxylic acids is 1. The first kappa shape index (κ1) is 19.9. The maximum Gasteiger partial charge on any atom is 0.323 e. The molecule has 0 saturated carbocycles. The number of carbonyl (C=O) groups is 1. The van der Waals surface area contributed by atoms with E-state index in [1.807, 2.05) is 68.4 Å². The van der Waals surface area contributed by atoms with Crippen molar-refractivity contribution in [1.29, 1.82) is 0 Å². The van der Waals surface area contributed by atoms with Gasteiger partial charge in [0.2, 0.25) is 0 Å². The zero-order valence-electron chi connectivity index (χ0n) is 17.1. The number of aromatic amines is 1. The fourth-order valence-electron chi connectivity index (χ4n) is 2.89. The van der Waals surface area contributed by atoms with E-state index >= 15 is 0 Å². The molecule has 156 valence electrons. The van der Waals surface area contributed by atoms with Crippen molar-refractivity contribution in [3.63, 3.8) is 0 Å². The van der Waals surface area contributed by atoms with Crippen LogP contribution in [0.25, 0.3) is 0 Å². The van der Waals surface area contributed by atoms with Crippen LogP contribution in [0.5, 0.6) is 0 Å². The molecule has 9 heteroatoms. The lowest BCUT2D eigenvalue weighted by Crippen LogP contribution is -2.20. The molecule has 0 radical (unpaired) electrons. The number of H-pyrrole nitrogens is 1. The summed E-state index contributed by atoms with van der Waals surface area (Å²) in [6.45, 7) is 3.85. The molecule has 0 spiro atoms. The normalized spacial score (nSPS) is 10.4. The third-order valence-electron chi connectivity index (χ3n) is 4.39. The average molecular weight is 414 g/mol. The highest BCUT2D eigenvalue weighted by molar-refractivity contribution is 6.00. The lowest BCUT2D eigenvalue weighted by molar-refractivity contribution is 0.262. The lowest BCUT2D eigenvalue weighted by Gasteiger charge is -2.13. The molecule has 0 aliphatic rings. The number of rotatable bonds is 6. The van der Waals surface area contributed by atoms with Crippen LogP contribution in [0.4, 0.5) is 39.3 Å². The Morgan fingerprint density at radius 1 is 0.839 bits per heavy atom. The SMILES string of the molecule is Cc1cc(Nc2cncc(Nc3ccc(C)c(NC(=O)Nc4ccccc4)c3)n2)n[nH]1. The summed E-state index contributed by atoms with van der Waals surface area (Å²) in [5.74, 6) is 1.78. The van der Waals surface area contributed by atoms with Crippen LogP contribution in [-0.4, -0.2) is 26.2 Å². The molecule has 0 aliphatic carbocycles. The average Bonchev–Trinajstić information content (AvgIpc) is 3.16. The van der Waals surface area contributed by atoms with Crippen LogP contribution in [0, 0.1) is 13.8 Å². The van der Waals surface area contributed by atoms with Gasteiger partial charge in [-0.3, -0.25) is 10.1 Å². The van der Waals surface area contributed by atoms with Crippen LogP contribution in [-0.2, 0) is 0 Å². The molecule has 2 aromatic heterocycles. The number of nitrogens with one attached hydrogen (secondary N) is 5. The van der Waals surface area contributed by atoms with Crippen molar-refractivity contribution in [2.75, 3.05) is 21.3 Å². The molecular weight excluding hydrogens is 392 g/mol.